The van der Waals surface area contributed by atoms with Gasteiger partial charge >= 0.3 is 5.97 Å². The van der Waals surface area contributed by atoms with E-state index in [1.165, 1.54) is 0 Å². The summed E-state index contributed by atoms with van der Waals surface area (Å²) in [4.78, 5) is 11.3. The third-order valence-corrected chi connectivity index (χ3v) is 1.49. The summed E-state index contributed by atoms with van der Waals surface area (Å²) in [6, 6.07) is 0. The van der Waals surface area contributed by atoms with Gasteiger partial charge in [0.25, 0.3) is 0 Å². The average molecular weight is 203 g/mol. The number of hydrogen-bond acceptors (Lipinski definition) is 4. The van der Waals surface area contributed by atoms with Gasteiger partial charge in [-0.15, -0.1) is 0 Å². The number of carbonyl (C=O) groups excluding carboxylic acids is 1. The Morgan fingerprint density at radius 2 is 2.07 bits per heavy atom. The fourth-order valence-electron chi connectivity index (χ4n) is 0.956. The summed E-state index contributed by atoms with van der Waals surface area (Å²) < 4.78 is 10.2. The molecular formula is C10H21NO3. The molecule has 1 unspecified atom stereocenters. The molecule has 2 N–H and O–H groups in total. The van der Waals surface area contributed by atoms with E-state index < -0.39 is 5.54 Å². The molecule has 84 valence electrons. The molecule has 14 heavy (non-hydrogen) atoms. The van der Waals surface area contributed by atoms with Crippen LogP contribution in [0.1, 0.15) is 34.1 Å². The Bertz CT molecular complexity index is 175. The number of nitrogens with two attached hydrogens (primary N) is 1. The van der Waals surface area contributed by atoms with Crippen LogP contribution in [0.4, 0.5) is 0 Å². The van der Waals surface area contributed by atoms with Gasteiger partial charge in [0.15, 0.2) is 0 Å². The molecule has 4 heteroatoms. The highest BCUT2D eigenvalue weighted by atomic mass is 16.6. The maximum absolute atomic E-state index is 11.3. The molecule has 0 aromatic rings. The first-order valence-corrected chi connectivity index (χ1v) is 4.91. The van der Waals surface area contributed by atoms with Crippen LogP contribution in [0.2, 0.25) is 0 Å². The molecule has 4 nitrogen and oxygen atoms in total. The normalized spacial score (nSPS) is 13.8. The van der Waals surface area contributed by atoms with Crippen molar-refractivity contribution in [1.82, 2.24) is 0 Å². The Labute approximate surface area is 85.8 Å². The van der Waals surface area contributed by atoms with Crippen molar-refractivity contribution in [2.45, 2.75) is 45.8 Å². The number of rotatable bonds is 6. The zero-order chi connectivity index (χ0) is 11.2. The lowest BCUT2D eigenvalue weighted by molar-refractivity contribution is -0.152. The quantitative estimate of drug-likeness (QED) is 0.656. The second-order valence-electron chi connectivity index (χ2n) is 4.13. The van der Waals surface area contributed by atoms with Gasteiger partial charge in [0.2, 0.25) is 0 Å². The summed E-state index contributed by atoms with van der Waals surface area (Å²) >= 11 is 0. The third kappa shape index (κ3) is 8.01. The van der Waals surface area contributed by atoms with Crippen molar-refractivity contribution < 1.29 is 14.3 Å². The molecule has 0 aromatic carbocycles. The van der Waals surface area contributed by atoms with Crippen LogP contribution in [0.25, 0.3) is 0 Å². The minimum atomic E-state index is -0.511. The van der Waals surface area contributed by atoms with E-state index in [4.69, 9.17) is 15.2 Å². The molecule has 0 bridgehead atoms. The molecule has 0 amide bonds. The van der Waals surface area contributed by atoms with Crippen LogP contribution in [-0.4, -0.2) is 30.8 Å². The average Bonchev–Trinajstić information content (AvgIpc) is 1.96. The van der Waals surface area contributed by atoms with Crippen molar-refractivity contribution in [3.8, 4) is 0 Å². The van der Waals surface area contributed by atoms with Crippen molar-refractivity contribution >= 4 is 5.97 Å². The first-order chi connectivity index (χ1) is 6.35. The van der Waals surface area contributed by atoms with Gasteiger partial charge in [0.1, 0.15) is 6.10 Å². The fourth-order valence-corrected chi connectivity index (χ4v) is 0.956. The molecule has 0 aliphatic rings. The van der Waals surface area contributed by atoms with Crippen LogP contribution < -0.4 is 5.73 Å². The third-order valence-electron chi connectivity index (χ3n) is 1.49. The molecule has 1 atom stereocenters. The highest BCUT2D eigenvalue weighted by molar-refractivity contribution is 5.70. The highest BCUT2D eigenvalue weighted by Crippen LogP contribution is 2.06. The Balaban J connectivity index is 3.71. The summed E-state index contributed by atoms with van der Waals surface area (Å²) in [7, 11) is 0. The predicted molar refractivity (Wildman–Crippen MR) is 54.9 cm³/mol. The topological polar surface area (TPSA) is 61.5 Å². The van der Waals surface area contributed by atoms with Gasteiger partial charge in [0, 0.05) is 12.1 Å². The monoisotopic (exact) mass is 203 g/mol. The van der Waals surface area contributed by atoms with Crippen LogP contribution in [0, 0.1) is 0 Å². The molecule has 0 radical (unpaired) electrons. The number of ether oxygens (including phenoxy) is 2. The van der Waals surface area contributed by atoms with Gasteiger partial charge in [-0.3, -0.25) is 4.79 Å². The van der Waals surface area contributed by atoms with Crippen molar-refractivity contribution in [3.05, 3.63) is 0 Å². The molecule has 0 heterocycles. The van der Waals surface area contributed by atoms with E-state index >= 15 is 0 Å². The first kappa shape index (κ1) is 13.4. The van der Waals surface area contributed by atoms with E-state index in [1.807, 2.05) is 6.92 Å². The molecule has 0 aliphatic carbocycles. The van der Waals surface area contributed by atoms with Gasteiger partial charge in [0.05, 0.1) is 13.0 Å². The predicted octanol–water partition coefficient (Wildman–Crippen LogP) is 1.08. The number of hydrogen-bond donors (Lipinski definition) is 1. The molecule has 0 saturated heterocycles. The van der Waals surface area contributed by atoms with Gasteiger partial charge in [-0.2, -0.15) is 0 Å². The zero-order valence-corrected chi connectivity index (χ0v) is 9.50. The maximum Gasteiger partial charge on any atom is 0.307 e. The van der Waals surface area contributed by atoms with Crippen molar-refractivity contribution in [2.75, 3.05) is 13.2 Å². The Morgan fingerprint density at radius 3 is 2.50 bits per heavy atom. The smallest absolute Gasteiger partial charge is 0.307 e. The molecule has 0 spiro atoms. The van der Waals surface area contributed by atoms with Crippen molar-refractivity contribution in [1.29, 1.82) is 0 Å². The van der Waals surface area contributed by atoms with Crippen molar-refractivity contribution in [2.24, 2.45) is 5.73 Å². The van der Waals surface area contributed by atoms with E-state index in [0.717, 1.165) is 0 Å². The van der Waals surface area contributed by atoms with E-state index in [9.17, 15) is 4.79 Å². The van der Waals surface area contributed by atoms with Gasteiger partial charge in [-0.25, -0.2) is 0 Å². The first-order valence-electron chi connectivity index (χ1n) is 4.91. The van der Waals surface area contributed by atoms with Crippen LogP contribution in [0.15, 0.2) is 0 Å². The summed E-state index contributed by atoms with van der Waals surface area (Å²) in [6.45, 7) is 8.36. The summed E-state index contributed by atoms with van der Waals surface area (Å²) in [6.07, 6.45) is 0.0218. The molecule has 0 rings (SSSR count). The zero-order valence-electron chi connectivity index (χ0n) is 9.50. The van der Waals surface area contributed by atoms with E-state index in [2.05, 4.69) is 0 Å². The molecular weight excluding hydrogens is 182 g/mol. The van der Waals surface area contributed by atoms with Crippen LogP contribution in [0.5, 0.6) is 0 Å². The van der Waals surface area contributed by atoms with Crippen LogP contribution >= 0.6 is 0 Å². The van der Waals surface area contributed by atoms with Gasteiger partial charge in [-0.1, -0.05) is 0 Å². The van der Waals surface area contributed by atoms with Crippen molar-refractivity contribution in [3.63, 3.8) is 0 Å². The SMILES string of the molecule is CCOCC(C)OC(=O)CC(C)(C)N. The summed E-state index contributed by atoms with van der Waals surface area (Å²) in [5.41, 5.74) is 5.17. The minimum absolute atomic E-state index is 0.204. The molecule has 0 aliphatic heterocycles. The molecule has 0 saturated carbocycles. The van der Waals surface area contributed by atoms with Gasteiger partial charge < -0.3 is 15.2 Å². The number of carbonyl (C=O) groups is 1. The standard InChI is InChI=1S/C10H21NO3/c1-5-13-7-8(2)14-9(12)6-10(3,4)11/h8H,5-7,11H2,1-4H3. The molecule has 0 fully saturated rings. The minimum Gasteiger partial charge on any atom is -0.460 e. The summed E-state index contributed by atoms with van der Waals surface area (Å²) in [5, 5.41) is 0. The Hall–Kier alpha value is -0.610. The Kier molecular flexibility index (Phi) is 5.72. The van der Waals surface area contributed by atoms with E-state index in [-0.39, 0.29) is 18.5 Å². The lowest BCUT2D eigenvalue weighted by Gasteiger charge is -2.19. The second-order valence-corrected chi connectivity index (χ2v) is 4.13. The second kappa shape index (κ2) is 5.98. The number of esters is 1. The largest absolute Gasteiger partial charge is 0.460 e. The Morgan fingerprint density at radius 1 is 1.50 bits per heavy atom. The highest BCUT2D eigenvalue weighted by Gasteiger charge is 2.19. The van der Waals surface area contributed by atoms with E-state index in [0.29, 0.717) is 13.2 Å². The molecule has 0 aromatic heterocycles. The fraction of sp³-hybridized carbons (Fsp3) is 0.900. The van der Waals surface area contributed by atoms with E-state index in [1.54, 1.807) is 20.8 Å². The maximum atomic E-state index is 11.3. The van der Waals surface area contributed by atoms with Gasteiger partial charge in [-0.05, 0) is 27.7 Å². The lowest BCUT2D eigenvalue weighted by atomic mass is 10.0. The van der Waals surface area contributed by atoms with Crippen LogP contribution in [-0.2, 0) is 14.3 Å². The van der Waals surface area contributed by atoms with Crippen LogP contribution in [0.3, 0.4) is 0 Å². The lowest BCUT2D eigenvalue weighted by Crippen LogP contribution is -2.36. The summed E-state index contributed by atoms with van der Waals surface area (Å²) in [5.74, 6) is -0.273.